The highest BCUT2D eigenvalue weighted by molar-refractivity contribution is 6.05. The van der Waals surface area contributed by atoms with Crippen molar-refractivity contribution >= 4 is 11.8 Å². The third kappa shape index (κ3) is 3.96. The molecule has 2 aromatic rings. The van der Waals surface area contributed by atoms with Crippen LogP contribution < -0.4 is 0 Å². The quantitative estimate of drug-likeness (QED) is 0.770. The minimum atomic E-state index is -0.175. The summed E-state index contributed by atoms with van der Waals surface area (Å²) in [5, 5.41) is 0. The Kier molecular flexibility index (Phi) is 5.35. The van der Waals surface area contributed by atoms with E-state index in [1.807, 2.05) is 36.4 Å². The molecule has 3 unspecified atom stereocenters. The van der Waals surface area contributed by atoms with Gasteiger partial charge in [0, 0.05) is 18.5 Å². The summed E-state index contributed by atoms with van der Waals surface area (Å²) < 4.78 is 6.21. The maximum absolute atomic E-state index is 12.8. The summed E-state index contributed by atoms with van der Waals surface area (Å²) in [6.07, 6.45) is 3.64. The molecule has 1 aliphatic heterocycles. The van der Waals surface area contributed by atoms with Crippen molar-refractivity contribution < 1.29 is 14.3 Å². The Labute approximate surface area is 160 Å². The van der Waals surface area contributed by atoms with Crippen molar-refractivity contribution in [1.29, 1.82) is 0 Å². The van der Waals surface area contributed by atoms with Crippen molar-refractivity contribution in [3.63, 3.8) is 0 Å². The van der Waals surface area contributed by atoms with Crippen LogP contribution in [-0.2, 0) is 16.1 Å². The molecule has 0 spiro atoms. The van der Waals surface area contributed by atoms with E-state index in [1.54, 1.807) is 12.1 Å². The van der Waals surface area contributed by atoms with E-state index < -0.39 is 0 Å². The molecule has 4 nitrogen and oxygen atoms in total. The van der Waals surface area contributed by atoms with Crippen molar-refractivity contribution in [3.05, 3.63) is 71.8 Å². The van der Waals surface area contributed by atoms with E-state index in [0.717, 1.165) is 24.8 Å². The highest BCUT2D eigenvalue weighted by Gasteiger charge is 2.43. The van der Waals surface area contributed by atoms with Crippen molar-refractivity contribution in [1.82, 2.24) is 4.90 Å². The number of piperidine rings is 1. The van der Waals surface area contributed by atoms with Crippen molar-refractivity contribution in [2.45, 2.75) is 38.4 Å². The number of imide groups is 1. The van der Waals surface area contributed by atoms with E-state index in [-0.39, 0.29) is 23.8 Å². The normalized spacial score (nSPS) is 25.1. The smallest absolute Gasteiger partial charge is 0.260 e. The second-order valence-corrected chi connectivity index (χ2v) is 7.57. The van der Waals surface area contributed by atoms with Gasteiger partial charge in [-0.15, -0.1) is 0 Å². The number of ether oxygens (including phenoxy) is 1. The van der Waals surface area contributed by atoms with Crippen LogP contribution in [0, 0.1) is 11.8 Å². The van der Waals surface area contributed by atoms with Gasteiger partial charge >= 0.3 is 0 Å². The molecule has 27 heavy (non-hydrogen) atoms. The van der Waals surface area contributed by atoms with Gasteiger partial charge in [-0.25, -0.2) is 0 Å². The molecule has 0 bridgehead atoms. The number of likely N-dealkylation sites (tertiary alicyclic amines) is 1. The second kappa shape index (κ2) is 8.05. The molecule has 2 aromatic carbocycles. The van der Waals surface area contributed by atoms with Gasteiger partial charge in [-0.2, -0.15) is 0 Å². The summed E-state index contributed by atoms with van der Waals surface area (Å²) in [5.41, 5.74) is 1.74. The van der Waals surface area contributed by atoms with E-state index >= 15 is 0 Å². The summed E-state index contributed by atoms with van der Waals surface area (Å²) in [4.78, 5) is 26.9. The van der Waals surface area contributed by atoms with E-state index in [0.29, 0.717) is 31.1 Å². The lowest BCUT2D eigenvalue weighted by atomic mass is 9.73. The molecule has 4 heteroatoms. The molecule has 0 N–H and O–H groups in total. The van der Waals surface area contributed by atoms with E-state index in [2.05, 4.69) is 12.1 Å². The number of fused-ring (bicyclic) bond motifs is 1. The lowest BCUT2D eigenvalue weighted by Crippen LogP contribution is -2.52. The van der Waals surface area contributed by atoms with Gasteiger partial charge in [0.25, 0.3) is 5.91 Å². The van der Waals surface area contributed by atoms with Crippen molar-refractivity contribution in [3.8, 4) is 0 Å². The predicted octanol–water partition coefficient (Wildman–Crippen LogP) is 4.06. The number of nitrogens with zero attached hydrogens (tertiary/aromatic N) is 1. The highest BCUT2D eigenvalue weighted by atomic mass is 16.5. The number of amides is 2. The Hall–Kier alpha value is -2.46. The first-order valence-electron chi connectivity index (χ1n) is 9.77. The minimum absolute atomic E-state index is 0.0692. The Balaban J connectivity index is 1.43. The van der Waals surface area contributed by atoms with Crippen LogP contribution in [0.3, 0.4) is 0 Å². The predicted molar refractivity (Wildman–Crippen MR) is 103 cm³/mol. The molecule has 2 amide bonds. The van der Waals surface area contributed by atoms with Crippen LogP contribution in [0.4, 0.5) is 0 Å². The molecule has 4 rings (SSSR count). The SMILES string of the molecule is O=C1CC2C(CCCC2OCc2ccccc2)CN1C(=O)c1ccccc1. The maximum atomic E-state index is 12.8. The summed E-state index contributed by atoms with van der Waals surface area (Å²) in [7, 11) is 0. The molecule has 2 fully saturated rings. The van der Waals surface area contributed by atoms with Gasteiger partial charge in [0.2, 0.25) is 5.91 Å². The molecule has 1 heterocycles. The van der Waals surface area contributed by atoms with Gasteiger partial charge in [0.1, 0.15) is 0 Å². The first-order valence-corrected chi connectivity index (χ1v) is 9.77. The fourth-order valence-electron chi connectivity index (χ4n) is 4.40. The molecule has 0 aromatic heterocycles. The van der Waals surface area contributed by atoms with E-state index in [1.165, 1.54) is 4.90 Å². The number of hydrogen-bond acceptors (Lipinski definition) is 3. The summed E-state index contributed by atoms with van der Waals surface area (Å²) >= 11 is 0. The Bertz CT molecular complexity index is 790. The van der Waals surface area contributed by atoms with Crippen LogP contribution >= 0.6 is 0 Å². The van der Waals surface area contributed by atoms with Crippen LogP contribution in [0.2, 0.25) is 0 Å². The molecule has 3 atom stereocenters. The highest BCUT2D eigenvalue weighted by Crippen LogP contribution is 2.39. The Morgan fingerprint density at radius 2 is 1.70 bits per heavy atom. The fraction of sp³-hybridized carbons (Fsp3) is 0.391. The number of carbonyl (C=O) groups excluding carboxylic acids is 2. The van der Waals surface area contributed by atoms with Crippen molar-refractivity contribution in [2.75, 3.05) is 6.54 Å². The molecular weight excluding hydrogens is 338 g/mol. The average Bonchev–Trinajstić information content (AvgIpc) is 2.73. The maximum Gasteiger partial charge on any atom is 0.260 e. The number of rotatable bonds is 4. The largest absolute Gasteiger partial charge is 0.373 e. The van der Waals surface area contributed by atoms with Gasteiger partial charge in [0.05, 0.1) is 12.7 Å². The van der Waals surface area contributed by atoms with Gasteiger partial charge < -0.3 is 4.74 Å². The summed E-state index contributed by atoms with van der Waals surface area (Å²) in [6.45, 7) is 1.10. The molecule has 1 saturated heterocycles. The zero-order chi connectivity index (χ0) is 18.6. The molecule has 0 radical (unpaired) electrons. The fourth-order valence-corrected chi connectivity index (χ4v) is 4.40. The first kappa shape index (κ1) is 17.9. The molecule has 1 saturated carbocycles. The second-order valence-electron chi connectivity index (χ2n) is 7.57. The minimum Gasteiger partial charge on any atom is -0.373 e. The number of hydrogen-bond donors (Lipinski definition) is 0. The van der Waals surface area contributed by atoms with Crippen LogP contribution in [-0.4, -0.2) is 29.4 Å². The zero-order valence-electron chi connectivity index (χ0n) is 15.4. The summed E-state index contributed by atoms with van der Waals surface area (Å²) in [6, 6.07) is 19.2. The Morgan fingerprint density at radius 3 is 2.44 bits per heavy atom. The lowest BCUT2D eigenvalue weighted by Gasteiger charge is -2.43. The average molecular weight is 363 g/mol. The number of carbonyl (C=O) groups is 2. The van der Waals surface area contributed by atoms with Gasteiger partial charge in [-0.05, 0) is 42.4 Å². The van der Waals surface area contributed by atoms with Crippen LogP contribution in [0.25, 0.3) is 0 Å². The van der Waals surface area contributed by atoms with E-state index in [9.17, 15) is 9.59 Å². The third-order valence-corrected chi connectivity index (χ3v) is 5.85. The standard InChI is InChI=1S/C23H25NO3/c25-22-14-20-19(15-24(22)23(26)18-10-5-2-6-11-18)12-7-13-21(20)27-16-17-8-3-1-4-9-17/h1-6,8-11,19-21H,7,12-16H2. The number of benzene rings is 2. The lowest BCUT2D eigenvalue weighted by molar-refractivity contribution is -0.141. The molecule has 2 aliphatic rings. The van der Waals surface area contributed by atoms with Crippen LogP contribution in [0.15, 0.2) is 60.7 Å². The van der Waals surface area contributed by atoms with Gasteiger partial charge in [-0.3, -0.25) is 14.5 Å². The molecule has 1 aliphatic carbocycles. The first-order chi connectivity index (χ1) is 13.2. The van der Waals surface area contributed by atoms with Crippen molar-refractivity contribution in [2.24, 2.45) is 11.8 Å². The third-order valence-electron chi connectivity index (χ3n) is 5.85. The van der Waals surface area contributed by atoms with Crippen LogP contribution in [0.5, 0.6) is 0 Å². The van der Waals surface area contributed by atoms with Gasteiger partial charge in [0.15, 0.2) is 0 Å². The summed E-state index contributed by atoms with van der Waals surface area (Å²) in [5.74, 6) is 0.311. The van der Waals surface area contributed by atoms with Crippen LogP contribution in [0.1, 0.15) is 41.6 Å². The van der Waals surface area contributed by atoms with E-state index in [4.69, 9.17) is 4.74 Å². The van der Waals surface area contributed by atoms with Gasteiger partial charge in [-0.1, -0.05) is 55.0 Å². The Morgan fingerprint density at radius 1 is 1.00 bits per heavy atom. The zero-order valence-corrected chi connectivity index (χ0v) is 15.4. The topological polar surface area (TPSA) is 46.6 Å². The molecular formula is C23H25NO3. The molecule has 140 valence electrons. The monoisotopic (exact) mass is 363 g/mol.